The molecule has 0 saturated heterocycles. The standard InChI is InChI=1S/C18H19N3O2/c1-23-15-9-7-14(8-10-15)16-11-17(18(22)21-20-16)19-12-13-5-3-2-4-6-13/h2-11,17,19-20H,12H2,1H3,(H,21,22). The Morgan fingerprint density at radius 3 is 2.48 bits per heavy atom. The van der Waals surface area contributed by atoms with Gasteiger partial charge in [-0.3, -0.25) is 21.0 Å². The number of amides is 1. The lowest BCUT2D eigenvalue weighted by Crippen LogP contribution is -2.51. The van der Waals surface area contributed by atoms with Gasteiger partial charge < -0.3 is 4.74 Å². The van der Waals surface area contributed by atoms with Crippen molar-refractivity contribution in [1.29, 1.82) is 0 Å². The van der Waals surface area contributed by atoms with Crippen LogP contribution in [0, 0.1) is 0 Å². The molecule has 118 valence electrons. The molecule has 1 aliphatic heterocycles. The molecule has 1 heterocycles. The zero-order valence-corrected chi connectivity index (χ0v) is 12.9. The van der Waals surface area contributed by atoms with Gasteiger partial charge in [0.05, 0.1) is 12.8 Å². The van der Waals surface area contributed by atoms with Gasteiger partial charge in [-0.05, 0) is 41.5 Å². The summed E-state index contributed by atoms with van der Waals surface area (Å²) in [5.41, 5.74) is 8.61. The summed E-state index contributed by atoms with van der Waals surface area (Å²) in [6.45, 7) is 0.630. The van der Waals surface area contributed by atoms with Crippen molar-refractivity contribution in [3.63, 3.8) is 0 Å². The molecule has 1 atom stereocenters. The number of hydrogen-bond acceptors (Lipinski definition) is 4. The van der Waals surface area contributed by atoms with Gasteiger partial charge in [0.2, 0.25) is 0 Å². The van der Waals surface area contributed by atoms with E-state index in [1.54, 1.807) is 7.11 Å². The predicted molar refractivity (Wildman–Crippen MR) is 89.3 cm³/mol. The Balaban J connectivity index is 1.72. The Labute approximate surface area is 135 Å². The summed E-state index contributed by atoms with van der Waals surface area (Å²) in [5.74, 6) is 0.700. The van der Waals surface area contributed by atoms with Crippen LogP contribution in [0.15, 0.2) is 60.7 Å². The number of ether oxygens (including phenoxy) is 1. The quantitative estimate of drug-likeness (QED) is 0.788. The van der Waals surface area contributed by atoms with E-state index in [2.05, 4.69) is 16.2 Å². The summed E-state index contributed by atoms with van der Waals surface area (Å²) < 4.78 is 5.16. The van der Waals surface area contributed by atoms with Crippen LogP contribution < -0.4 is 20.9 Å². The van der Waals surface area contributed by atoms with E-state index in [1.165, 1.54) is 0 Å². The molecule has 0 spiro atoms. The van der Waals surface area contributed by atoms with Gasteiger partial charge in [-0.15, -0.1) is 0 Å². The summed E-state index contributed by atoms with van der Waals surface area (Å²) >= 11 is 0. The third-order valence-corrected chi connectivity index (χ3v) is 3.71. The van der Waals surface area contributed by atoms with Gasteiger partial charge in [0.1, 0.15) is 11.8 Å². The Kier molecular flexibility index (Phi) is 4.59. The molecule has 3 N–H and O–H groups in total. The van der Waals surface area contributed by atoms with Crippen molar-refractivity contribution < 1.29 is 9.53 Å². The maximum Gasteiger partial charge on any atom is 0.259 e. The number of benzene rings is 2. The van der Waals surface area contributed by atoms with Crippen LogP contribution in [0.3, 0.4) is 0 Å². The molecule has 0 saturated carbocycles. The van der Waals surface area contributed by atoms with Gasteiger partial charge in [0.25, 0.3) is 5.91 Å². The summed E-state index contributed by atoms with van der Waals surface area (Å²) in [6, 6.07) is 17.3. The molecule has 1 unspecified atom stereocenters. The average molecular weight is 309 g/mol. The van der Waals surface area contributed by atoms with E-state index in [-0.39, 0.29) is 11.9 Å². The van der Waals surface area contributed by atoms with E-state index in [1.807, 2.05) is 60.7 Å². The van der Waals surface area contributed by atoms with E-state index in [9.17, 15) is 4.79 Å². The molecule has 0 aliphatic carbocycles. The second-order valence-electron chi connectivity index (χ2n) is 5.27. The van der Waals surface area contributed by atoms with Crippen molar-refractivity contribution in [2.75, 3.05) is 7.11 Å². The van der Waals surface area contributed by atoms with Crippen molar-refractivity contribution >= 4 is 11.6 Å². The van der Waals surface area contributed by atoms with E-state index in [0.717, 1.165) is 22.6 Å². The zero-order chi connectivity index (χ0) is 16.1. The highest BCUT2D eigenvalue weighted by Gasteiger charge is 2.21. The number of methoxy groups -OCH3 is 1. The first-order valence-electron chi connectivity index (χ1n) is 7.46. The molecular formula is C18H19N3O2. The molecule has 2 aromatic rings. The van der Waals surface area contributed by atoms with Gasteiger partial charge >= 0.3 is 0 Å². The van der Waals surface area contributed by atoms with Crippen molar-refractivity contribution in [3.8, 4) is 5.75 Å². The highest BCUT2D eigenvalue weighted by molar-refractivity contribution is 5.89. The van der Waals surface area contributed by atoms with Gasteiger partial charge in [0, 0.05) is 6.54 Å². The molecule has 0 radical (unpaired) electrons. The van der Waals surface area contributed by atoms with Crippen LogP contribution in [-0.2, 0) is 11.3 Å². The molecule has 5 nitrogen and oxygen atoms in total. The van der Waals surface area contributed by atoms with Crippen LogP contribution >= 0.6 is 0 Å². The van der Waals surface area contributed by atoms with E-state index < -0.39 is 0 Å². The maximum atomic E-state index is 12.0. The van der Waals surface area contributed by atoms with Crippen LogP contribution in [0.1, 0.15) is 11.1 Å². The maximum absolute atomic E-state index is 12.0. The SMILES string of the molecule is COc1ccc(C2=CC(NCc3ccccc3)C(=O)NN2)cc1. The third-order valence-electron chi connectivity index (χ3n) is 3.71. The molecule has 1 amide bonds. The normalized spacial score (nSPS) is 17.0. The first-order chi connectivity index (χ1) is 11.3. The van der Waals surface area contributed by atoms with Crippen LogP contribution in [0.5, 0.6) is 5.75 Å². The molecule has 0 aromatic heterocycles. The Morgan fingerprint density at radius 1 is 1.04 bits per heavy atom. The third kappa shape index (κ3) is 3.70. The topological polar surface area (TPSA) is 62.4 Å². The number of hydrazine groups is 1. The van der Waals surface area contributed by atoms with E-state index in [0.29, 0.717) is 6.54 Å². The Morgan fingerprint density at radius 2 is 1.78 bits per heavy atom. The van der Waals surface area contributed by atoms with Crippen molar-refractivity contribution in [3.05, 3.63) is 71.8 Å². The average Bonchev–Trinajstić information content (AvgIpc) is 2.62. The molecule has 1 aliphatic rings. The molecule has 0 bridgehead atoms. The second-order valence-corrected chi connectivity index (χ2v) is 5.27. The summed E-state index contributed by atoms with van der Waals surface area (Å²) in [6.07, 6.45) is 1.89. The predicted octanol–water partition coefficient (Wildman–Crippen LogP) is 1.83. The number of rotatable bonds is 5. The summed E-state index contributed by atoms with van der Waals surface area (Å²) in [4.78, 5) is 12.0. The van der Waals surface area contributed by atoms with Crippen molar-refractivity contribution in [2.45, 2.75) is 12.6 Å². The number of carbonyl (C=O) groups is 1. The minimum atomic E-state index is -0.381. The minimum absolute atomic E-state index is 0.0989. The monoisotopic (exact) mass is 309 g/mol. The number of hydrogen-bond donors (Lipinski definition) is 3. The molecule has 0 fully saturated rings. The first kappa shape index (κ1) is 15.1. The van der Waals surface area contributed by atoms with Crippen LogP contribution in [0.25, 0.3) is 5.70 Å². The van der Waals surface area contributed by atoms with Gasteiger partial charge in [-0.2, -0.15) is 0 Å². The Hall–Kier alpha value is -2.79. The van der Waals surface area contributed by atoms with E-state index in [4.69, 9.17) is 4.74 Å². The summed E-state index contributed by atoms with van der Waals surface area (Å²) in [5, 5.41) is 3.26. The zero-order valence-electron chi connectivity index (χ0n) is 12.9. The van der Waals surface area contributed by atoms with Crippen LogP contribution in [0.4, 0.5) is 0 Å². The first-order valence-corrected chi connectivity index (χ1v) is 7.46. The fourth-order valence-electron chi connectivity index (χ4n) is 2.40. The number of carbonyl (C=O) groups excluding carboxylic acids is 1. The van der Waals surface area contributed by atoms with Crippen LogP contribution in [-0.4, -0.2) is 19.1 Å². The molecule has 2 aromatic carbocycles. The number of nitrogens with one attached hydrogen (secondary N) is 3. The molecule has 5 heteroatoms. The lowest BCUT2D eigenvalue weighted by Gasteiger charge is -2.24. The molecule has 3 rings (SSSR count). The fraction of sp³-hybridized carbons (Fsp3) is 0.167. The van der Waals surface area contributed by atoms with Gasteiger partial charge in [-0.1, -0.05) is 30.3 Å². The van der Waals surface area contributed by atoms with Crippen molar-refractivity contribution in [1.82, 2.24) is 16.2 Å². The molecular weight excluding hydrogens is 290 g/mol. The highest BCUT2D eigenvalue weighted by Crippen LogP contribution is 2.18. The largest absolute Gasteiger partial charge is 0.497 e. The lowest BCUT2D eigenvalue weighted by atomic mass is 10.1. The van der Waals surface area contributed by atoms with E-state index >= 15 is 0 Å². The Bertz CT molecular complexity index is 696. The lowest BCUT2D eigenvalue weighted by molar-refractivity contribution is -0.123. The highest BCUT2D eigenvalue weighted by atomic mass is 16.5. The van der Waals surface area contributed by atoms with Gasteiger partial charge in [0.15, 0.2) is 0 Å². The smallest absolute Gasteiger partial charge is 0.259 e. The summed E-state index contributed by atoms with van der Waals surface area (Å²) in [7, 11) is 1.64. The molecule has 23 heavy (non-hydrogen) atoms. The second kappa shape index (κ2) is 6.98. The van der Waals surface area contributed by atoms with Crippen LogP contribution in [0.2, 0.25) is 0 Å². The van der Waals surface area contributed by atoms with Crippen molar-refractivity contribution in [2.24, 2.45) is 0 Å². The van der Waals surface area contributed by atoms with Gasteiger partial charge in [-0.25, -0.2) is 0 Å². The fourth-order valence-corrected chi connectivity index (χ4v) is 2.40. The minimum Gasteiger partial charge on any atom is -0.497 e.